The monoisotopic (exact) mass is 497 g/mol. The Balaban J connectivity index is 1.17. The van der Waals surface area contributed by atoms with Gasteiger partial charge in [0.05, 0.1) is 17.6 Å². The Bertz CT molecular complexity index is 1170. The molecule has 2 aliphatic heterocycles. The Kier molecular flexibility index (Phi) is 7.06. The van der Waals surface area contributed by atoms with E-state index >= 15 is 0 Å². The molecule has 1 amide bonds. The first-order chi connectivity index (χ1) is 17.0. The van der Waals surface area contributed by atoms with E-state index in [4.69, 9.17) is 22.1 Å². The summed E-state index contributed by atoms with van der Waals surface area (Å²) in [7, 11) is 0. The number of imidazole rings is 1. The van der Waals surface area contributed by atoms with Crippen molar-refractivity contribution in [3.8, 4) is 6.01 Å². The first-order valence-corrected chi connectivity index (χ1v) is 12.8. The summed E-state index contributed by atoms with van der Waals surface area (Å²) in [6.07, 6.45) is 7.09. The van der Waals surface area contributed by atoms with Crippen LogP contribution in [0, 0.1) is 5.92 Å². The van der Waals surface area contributed by atoms with E-state index in [9.17, 15) is 4.79 Å². The third kappa shape index (κ3) is 5.21. The van der Waals surface area contributed by atoms with E-state index in [1.807, 2.05) is 25.1 Å². The van der Waals surface area contributed by atoms with E-state index in [0.717, 1.165) is 75.0 Å². The zero-order valence-electron chi connectivity index (χ0n) is 20.1. The molecule has 2 saturated heterocycles. The van der Waals surface area contributed by atoms with E-state index in [1.165, 1.54) is 0 Å². The van der Waals surface area contributed by atoms with Crippen molar-refractivity contribution in [3.63, 3.8) is 0 Å². The highest BCUT2D eigenvalue weighted by Crippen LogP contribution is 2.34. The molecule has 10 heteroatoms. The molecular formula is C25H32ClN7O2. The fourth-order valence-electron chi connectivity index (χ4n) is 5.28. The number of aromatic nitrogens is 4. The van der Waals surface area contributed by atoms with Crippen LogP contribution in [0.4, 0.5) is 5.95 Å². The van der Waals surface area contributed by atoms with Gasteiger partial charge in [-0.1, -0.05) is 11.6 Å². The highest BCUT2D eigenvalue weighted by atomic mass is 35.5. The molecule has 0 atom stereocenters. The van der Waals surface area contributed by atoms with Crippen LogP contribution in [-0.2, 0) is 11.3 Å². The molecule has 1 aromatic carbocycles. The van der Waals surface area contributed by atoms with E-state index in [0.29, 0.717) is 29.5 Å². The number of hydrogen-bond donors (Lipinski definition) is 1. The SMILES string of the molecule is CCOc1nc2cc(Cl)ccc2n1C1CCN(C(=O)C2CCN(Cc3cnc(N)nc3)CC2)CC1. The molecule has 186 valence electrons. The van der Waals surface area contributed by atoms with E-state index in [-0.39, 0.29) is 12.0 Å². The molecule has 0 radical (unpaired) electrons. The first-order valence-electron chi connectivity index (χ1n) is 12.4. The van der Waals surface area contributed by atoms with Gasteiger partial charge < -0.3 is 15.4 Å². The Hall–Kier alpha value is -2.91. The van der Waals surface area contributed by atoms with Crippen LogP contribution in [0.2, 0.25) is 5.02 Å². The molecule has 5 rings (SSSR count). The lowest BCUT2D eigenvalue weighted by Crippen LogP contribution is -2.45. The highest BCUT2D eigenvalue weighted by molar-refractivity contribution is 6.31. The van der Waals surface area contributed by atoms with Gasteiger partial charge in [0.2, 0.25) is 11.9 Å². The number of ether oxygens (including phenoxy) is 1. The lowest BCUT2D eigenvalue weighted by Gasteiger charge is -2.37. The summed E-state index contributed by atoms with van der Waals surface area (Å²) in [5.74, 6) is 0.688. The number of likely N-dealkylation sites (tertiary alicyclic amines) is 2. The van der Waals surface area contributed by atoms with Gasteiger partial charge in [-0.05, 0) is 63.9 Å². The standard InChI is InChI=1S/C25H32ClN7O2/c1-2-35-25-30-21-13-19(26)3-4-22(21)33(25)20-7-11-32(12-8-20)23(34)18-5-9-31(10-6-18)16-17-14-28-24(27)29-15-17/h3-4,13-15,18,20H,2,5-12,16H2,1H3,(H2,27,28,29). The predicted octanol–water partition coefficient (Wildman–Crippen LogP) is 3.54. The topological polar surface area (TPSA) is 102 Å². The van der Waals surface area contributed by atoms with Crippen LogP contribution in [0.25, 0.3) is 11.0 Å². The highest BCUT2D eigenvalue weighted by Gasteiger charge is 2.32. The smallest absolute Gasteiger partial charge is 0.297 e. The lowest BCUT2D eigenvalue weighted by atomic mass is 9.93. The Morgan fingerprint density at radius 2 is 1.83 bits per heavy atom. The number of nitrogens with two attached hydrogens (primary N) is 1. The minimum Gasteiger partial charge on any atom is -0.465 e. The van der Waals surface area contributed by atoms with Crippen LogP contribution in [-0.4, -0.2) is 68.0 Å². The number of rotatable bonds is 6. The van der Waals surface area contributed by atoms with Crippen molar-refractivity contribution in [2.75, 3.05) is 38.5 Å². The number of benzene rings is 1. The number of anilines is 1. The summed E-state index contributed by atoms with van der Waals surface area (Å²) < 4.78 is 8.04. The Morgan fingerprint density at radius 3 is 2.51 bits per heavy atom. The van der Waals surface area contributed by atoms with Crippen molar-refractivity contribution in [2.45, 2.75) is 45.2 Å². The molecule has 2 aromatic heterocycles. The number of piperidine rings is 2. The van der Waals surface area contributed by atoms with Crippen LogP contribution >= 0.6 is 11.6 Å². The molecule has 2 aliphatic rings. The van der Waals surface area contributed by atoms with E-state index in [2.05, 4.69) is 29.3 Å². The summed E-state index contributed by atoms with van der Waals surface area (Å²) >= 11 is 6.18. The van der Waals surface area contributed by atoms with Crippen LogP contribution in [0.1, 0.15) is 44.2 Å². The van der Waals surface area contributed by atoms with Crippen LogP contribution in [0.5, 0.6) is 6.01 Å². The number of amides is 1. The number of carbonyl (C=O) groups is 1. The number of fused-ring (bicyclic) bond motifs is 1. The van der Waals surface area contributed by atoms with Crippen molar-refractivity contribution in [1.82, 2.24) is 29.3 Å². The van der Waals surface area contributed by atoms with Gasteiger partial charge >= 0.3 is 0 Å². The molecule has 4 heterocycles. The molecule has 9 nitrogen and oxygen atoms in total. The largest absolute Gasteiger partial charge is 0.465 e. The molecule has 0 spiro atoms. The van der Waals surface area contributed by atoms with Crippen LogP contribution in [0.15, 0.2) is 30.6 Å². The predicted molar refractivity (Wildman–Crippen MR) is 135 cm³/mol. The molecule has 0 bridgehead atoms. The van der Waals surface area contributed by atoms with Gasteiger partial charge in [0.1, 0.15) is 0 Å². The summed E-state index contributed by atoms with van der Waals surface area (Å²) in [4.78, 5) is 30.5. The van der Waals surface area contributed by atoms with Crippen molar-refractivity contribution in [1.29, 1.82) is 0 Å². The number of hydrogen-bond acceptors (Lipinski definition) is 7. The van der Waals surface area contributed by atoms with Gasteiger partial charge in [-0.15, -0.1) is 0 Å². The van der Waals surface area contributed by atoms with Gasteiger partial charge in [0.25, 0.3) is 6.01 Å². The molecule has 0 saturated carbocycles. The van der Waals surface area contributed by atoms with Gasteiger partial charge in [-0.3, -0.25) is 14.3 Å². The summed E-state index contributed by atoms with van der Waals surface area (Å²) in [5.41, 5.74) is 8.50. The lowest BCUT2D eigenvalue weighted by molar-refractivity contribution is -0.138. The molecular weight excluding hydrogens is 466 g/mol. The average Bonchev–Trinajstić information content (AvgIpc) is 3.22. The van der Waals surface area contributed by atoms with Crippen LogP contribution < -0.4 is 10.5 Å². The number of carbonyl (C=O) groups excluding carboxylic acids is 1. The molecule has 0 unspecified atom stereocenters. The van der Waals surface area contributed by atoms with Crippen molar-refractivity contribution >= 4 is 34.5 Å². The summed E-state index contributed by atoms with van der Waals surface area (Å²) in [5, 5.41) is 0.665. The maximum absolute atomic E-state index is 13.3. The Labute approximate surface area is 210 Å². The van der Waals surface area contributed by atoms with E-state index in [1.54, 1.807) is 12.4 Å². The fraction of sp³-hybridized carbons (Fsp3) is 0.520. The third-order valence-corrected chi connectivity index (χ3v) is 7.34. The number of nitrogen functional groups attached to an aromatic ring is 1. The maximum Gasteiger partial charge on any atom is 0.297 e. The second-order valence-corrected chi connectivity index (χ2v) is 9.82. The second kappa shape index (κ2) is 10.4. The third-order valence-electron chi connectivity index (χ3n) is 7.10. The van der Waals surface area contributed by atoms with Gasteiger partial charge in [0, 0.05) is 54.6 Å². The molecule has 2 N–H and O–H groups in total. The first kappa shape index (κ1) is 23.8. The van der Waals surface area contributed by atoms with Gasteiger partial charge in [0.15, 0.2) is 0 Å². The minimum atomic E-state index is 0.0978. The molecule has 3 aromatic rings. The fourth-order valence-corrected chi connectivity index (χ4v) is 5.45. The molecule has 35 heavy (non-hydrogen) atoms. The Morgan fingerprint density at radius 1 is 1.11 bits per heavy atom. The van der Waals surface area contributed by atoms with Crippen molar-refractivity contribution < 1.29 is 9.53 Å². The second-order valence-electron chi connectivity index (χ2n) is 9.39. The number of nitrogens with zero attached hydrogens (tertiary/aromatic N) is 6. The van der Waals surface area contributed by atoms with Gasteiger partial charge in [-0.25, -0.2) is 9.97 Å². The summed E-state index contributed by atoms with van der Waals surface area (Å²) in [6.45, 7) is 6.62. The molecule has 2 fully saturated rings. The van der Waals surface area contributed by atoms with Gasteiger partial charge in [-0.2, -0.15) is 4.98 Å². The normalized spacial score (nSPS) is 18.3. The summed E-state index contributed by atoms with van der Waals surface area (Å²) in [6, 6.07) is 6.66. The van der Waals surface area contributed by atoms with E-state index < -0.39 is 0 Å². The van der Waals surface area contributed by atoms with Crippen LogP contribution in [0.3, 0.4) is 0 Å². The van der Waals surface area contributed by atoms with Crippen molar-refractivity contribution in [3.05, 3.63) is 41.2 Å². The average molecular weight is 498 g/mol. The zero-order valence-corrected chi connectivity index (χ0v) is 20.8. The zero-order chi connectivity index (χ0) is 24.4. The maximum atomic E-state index is 13.3. The quantitative estimate of drug-likeness (QED) is 0.555. The minimum absolute atomic E-state index is 0.0978. The molecule has 0 aliphatic carbocycles. The number of halogens is 1. The van der Waals surface area contributed by atoms with Crippen molar-refractivity contribution in [2.24, 2.45) is 5.92 Å².